The Morgan fingerprint density at radius 2 is 2.16 bits per heavy atom. The molecule has 1 aliphatic heterocycles. The van der Waals surface area contributed by atoms with Gasteiger partial charge in [0.25, 0.3) is 5.91 Å². The lowest BCUT2D eigenvalue weighted by Gasteiger charge is -2.24. The third-order valence-corrected chi connectivity index (χ3v) is 5.38. The molecular formula is C22H33BN6O3. The number of nitrogens with one attached hydrogen (secondary N) is 3. The van der Waals surface area contributed by atoms with Gasteiger partial charge in [0.15, 0.2) is 11.5 Å². The first-order chi connectivity index (χ1) is 15.6. The van der Waals surface area contributed by atoms with Crippen LogP contribution >= 0.6 is 0 Å². The number of nitrogens with two attached hydrogens (primary N) is 1. The first-order valence-corrected chi connectivity index (χ1v) is 11.2. The molecule has 2 radical (unpaired) electrons. The summed E-state index contributed by atoms with van der Waals surface area (Å²) in [6, 6.07) is 5.86. The van der Waals surface area contributed by atoms with Crippen molar-refractivity contribution in [2.45, 2.75) is 38.8 Å². The van der Waals surface area contributed by atoms with Gasteiger partial charge in [-0.2, -0.15) is 4.98 Å². The topological polar surface area (TPSA) is 115 Å². The second-order valence-electron chi connectivity index (χ2n) is 7.75. The molecule has 32 heavy (non-hydrogen) atoms. The minimum Gasteiger partial charge on any atom is -0.497 e. The molecule has 0 saturated carbocycles. The molecule has 5 N–H and O–H groups in total. The van der Waals surface area contributed by atoms with Gasteiger partial charge in [0.2, 0.25) is 5.95 Å². The molecule has 1 fully saturated rings. The summed E-state index contributed by atoms with van der Waals surface area (Å²) in [5.41, 5.74) is 7.61. The van der Waals surface area contributed by atoms with Gasteiger partial charge >= 0.3 is 0 Å². The van der Waals surface area contributed by atoms with Crippen molar-refractivity contribution < 1.29 is 14.3 Å². The number of rotatable bonds is 11. The number of nitrogens with zero attached hydrogens (tertiary/aromatic N) is 2. The monoisotopic (exact) mass is 440 g/mol. The molecule has 1 saturated heterocycles. The number of hydrogen-bond donors (Lipinski definition) is 4. The highest BCUT2D eigenvalue weighted by Crippen LogP contribution is 2.25. The lowest BCUT2D eigenvalue weighted by Crippen LogP contribution is -2.30. The fourth-order valence-corrected chi connectivity index (χ4v) is 3.71. The number of anilines is 2. The van der Waals surface area contributed by atoms with Crippen LogP contribution in [0.1, 0.15) is 42.2 Å². The highest BCUT2D eigenvalue weighted by molar-refractivity contribution is 6.34. The van der Waals surface area contributed by atoms with Gasteiger partial charge in [-0.15, -0.1) is 0 Å². The fourth-order valence-electron chi connectivity index (χ4n) is 3.71. The van der Waals surface area contributed by atoms with E-state index in [4.69, 9.17) is 28.0 Å². The number of benzene rings is 1. The number of aromatic nitrogens is 2. The van der Waals surface area contributed by atoms with Crippen LogP contribution in [0.2, 0.25) is 0 Å². The molecule has 3 rings (SSSR count). The van der Waals surface area contributed by atoms with Crippen LogP contribution in [0, 0.1) is 0 Å². The normalized spacial score (nSPS) is 14.2. The van der Waals surface area contributed by atoms with Crippen LogP contribution in [0.25, 0.3) is 0 Å². The molecule has 0 bridgehead atoms. The van der Waals surface area contributed by atoms with Crippen molar-refractivity contribution in [1.82, 2.24) is 14.9 Å². The van der Waals surface area contributed by atoms with Crippen LogP contribution < -0.4 is 31.9 Å². The maximum Gasteiger partial charge on any atom is 0.271 e. The molecule has 1 aliphatic rings. The third-order valence-electron chi connectivity index (χ3n) is 5.38. The molecule has 0 spiro atoms. The van der Waals surface area contributed by atoms with Crippen molar-refractivity contribution in [2.75, 3.05) is 50.6 Å². The van der Waals surface area contributed by atoms with Crippen molar-refractivity contribution >= 4 is 31.0 Å². The Balaban J connectivity index is 1.99. The van der Waals surface area contributed by atoms with E-state index in [1.54, 1.807) is 7.11 Å². The Hall–Kier alpha value is -2.72. The van der Waals surface area contributed by atoms with Gasteiger partial charge in [0.1, 0.15) is 13.6 Å². The number of carbonyl (C=O) groups is 1. The van der Waals surface area contributed by atoms with Crippen molar-refractivity contribution in [3.05, 3.63) is 29.5 Å². The standard InChI is InChI=1S/C22H33BN6O3/c1-3-25-21(30)19-20(26-10-4-9-24)28-22(27-16-7-11-32-12-8-16)29(19)14-15-5-6-18(31-2)17(23)13-15/h5-6,13,16,26H,3-4,7-12,14,24H2,1-2H3,(H,25,30)(H,27,28). The number of amides is 1. The van der Waals surface area contributed by atoms with Crippen LogP contribution in [-0.2, 0) is 11.3 Å². The van der Waals surface area contributed by atoms with Gasteiger partial charge < -0.3 is 31.2 Å². The van der Waals surface area contributed by atoms with E-state index in [-0.39, 0.29) is 11.9 Å². The number of imidazole rings is 1. The number of methoxy groups -OCH3 is 1. The average Bonchev–Trinajstić information content (AvgIpc) is 3.11. The molecule has 2 heterocycles. The lowest BCUT2D eigenvalue weighted by molar-refractivity contribution is 0.0901. The second-order valence-corrected chi connectivity index (χ2v) is 7.75. The predicted octanol–water partition coefficient (Wildman–Crippen LogP) is 0.835. The second kappa shape index (κ2) is 11.8. The average molecular weight is 440 g/mol. The fraction of sp³-hybridized carbons (Fsp3) is 0.545. The summed E-state index contributed by atoms with van der Waals surface area (Å²) in [4.78, 5) is 17.8. The summed E-state index contributed by atoms with van der Waals surface area (Å²) in [6.45, 7) is 5.44. The smallest absolute Gasteiger partial charge is 0.271 e. The zero-order chi connectivity index (χ0) is 22.9. The Labute approximate surface area is 190 Å². The first-order valence-electron chi connectivity index (χ1n) is 11.2. The van der Waals surface area contributed by atoms with Crippen molar-refractivity contribution in [1.29, 1.82) is 0 Å². The molecular weight excluding hydrogens is 407 g/mol. The van der Waals surface area contributed by atoms with E-state index in [0.717, 1.165) is 24.8 Å². The van der Waals surface area contributed by atoms with Gasteiger partial charge in [0, 0.05) is 32.3 Å². The molecule has 1 amide bonds. The molecule has 1 aromatic carbocycles. The Bertz CT molecular complexity index is 898. The minimum atomic E-state index is -0.184. The summed E-state index contributed by atoms with van der Waals surface area (Å²) >= 11 is 0. The van der Waals surface area contributed by atoms with E-state index in [2.05, 4.69) is 16.0 Å². The summed E-state index contributed by atoms with van der Waals surface area (Å²) in [5.74, 6) is 1.62. The van der Waals surface area contributed by atoms with Crippen LogP contribution in [0.15, 0.2) is 18.2 Å². The van der Waals surface area contributed by atoms with Gasteiger partial charge in [0.05, 0.1) is 13.7 Å². The van der Waals surface area contributed by atoms with Gasteiger partial charge in [-0.05, 0) is 44.4 Å². The van der Waals surface area contributed by atoms with Crippen LogP contribution in [0.5, 0.6) is 5.75 Å². The van der Waals surface area contributed by atoms with Crippen molar-refractivity contribution in [2.24, 2.45) is 5.73 Å². The van der Waals surface area contributed by atoms with Crippen LogP contribution in [0.3, 0.4) is 0 Å². The highest BCUT2D eigenvalue weighted by atomic mass is 16.5. The van der Waals surface area contributed by atoms with Gasteiger partial charge in [-0.3, -0.25) is 9.36 Å². The Morgan fingerprint density at radius 1 is 1.38 bits per heavy atom. The van der Waals surface area contributed by atoms with E-state index in [1.165, 1.54) is 0 Å². The SMILES string of the molecule is [B]c1cc(Cn2c(NC3CCOCC3)nc(NCCCN)c2C(=O)NCC)ccc1OC. The van der Waals surface area contributed by atoms with E-state index >= 15 is 0 Å². The maximum atomic E-state index is 13.1. The molecule has 0 unspecified atom stereocenters. The van der Waals surface area contributed by atoms with Gasteiger partial charge in [-0.25, -0.2) is 0 Å². The minimum absolute atomic E-state index is 0.184. The Kier molecular flexibility index (Phi) is 8.81. The molecule has 0 aliphatic carbocycles. The summed E-state index contributed by atoms with van der Waals surface area (Å²) in [7, 11) is 7.71. The zero-order valence-corrected chi connectivity index (χ0v) is 18.9. The van der Waals surface area contributed by atoms with Gasteiger partial charge in [-0.1, -0.05) is 17.6 Å². The molecule has 0 atom stereocenters. The van der Waals surface area contributed by atoms with Crippen molar-refractivity contribution in [3.63, 3.8) is 0 Å². The lowest BCUT2D eigenvalue weighted by atomic mass is 9.93. The third kappa shape index (κ3) is 5.95. The molecule has 1 aromatic heterocycles. The maximum absolute atomic E-state index is 13.1. The summed E-state index contributed by atoms with van der Waals surface area (Å²) < 4.78 is 12.7. The highest BCUT2D eigenvalue weighted by Gasteiger charge is 2.25. The van der Waals surface area contributed by atoms with E-state index < -0.39 is 0 Å². The number of carbonyl (C=O) groups excluding carboxylic acids is 1. The molecule has 2 aromatic rings. The van der Waals surface area contributed by atoms with Crippen LogP contribution in [-0.4, -0.2) is 69.3 Å². The quantitative estimate of drug-likeness (QED) is 0.302. The molecule has 172 valence electrons. The van der Waals surface area contributed by atoms with E-state index in [0.29, 0.717) is 68.1 Å². The summed E-state index contributed by atoms with van der Waals surface area (Å²) in [5, 5.41) is 9.72. The first kappa shape index (κ1) is 23.9. The predicted molar refractivity (Wildman–Crippen MR) is 127 cm³/mol. The number of ether oxygens (including phenoxy) is 2. The molecule has 10 heteroatoms. The largest absolute Gasteiger partial charge is 0.497 e. The molecule has 9 nitrogen and oxygen atoms in total. The zero-order valence-electron chi connectivity index (χ0n) is 18.9. The van der Waals surface area contributed by atoms with Crippen molar-refractivity contribution in [3.8, 4) is 5.75 Å². The van der Waals surface area contributed by atoms with Crippen LogP contribution in [0.4, 0.5) is 11.8 Å². The summed E-state index contributed by atoms with van der Waals surface area (Å²) in [6.07, 6.45) is 2.54. The van der Waals surface area contributed by atoms with E-state index in [9.17, 15) is 4.79 Å². The number of hydrogen-bond acceptors (Lipinski definition) is 7. The van der Waals surface area contributed by atoms with E-state index in [1.807, 2.05) is 29.7 Å². The Morgan fingerprint density at radius 3 is 2.81 bits per heavy atom.